The summed E-state index contributed by atoms with van der Waals surface area (Å²) in [6.45, 7) is 0. The van der Waals surface area contributed by atoms with Gasteiger partial charge in [-0.3, -0.25) is 4.79 Å². The van der Waals surface area contributed by atoms with E-state index < -0.39 is 0 Å². The number of ether oxygens (including phenoxy) is 1. The van der Waals surface area contributed by atoms with Crippen molar-refractivity contribution >= 4 is 33.0 Å². The topological polar surface area (TPSA) is 52.3 Å². The maximum Gasteiger partial charge on any atom is 0.309 e. The van der Waals surface area contributed by atoms with E-state index in [9.17, 15) is 4.79 Å². The number of methoxy groups -OCH3 is 1. The molecule has 0 aliphatic carbocycles. The van der Waals surface area contributed by atoms with Crippen LogP contribution in [0.2, 0.25) is 0 Å². The summed E-state index contributed by atoms with van der Waals surface area (Å²) >= 11 is 3.59. The van der Waals surface area contributed by atoms with Gasteiger partial charge in [-0.25, -0.2) is 4.98 Å². The molecule has 0 fully saturated rings. The summed E-state index contributed by atoms with van der Waals surface area (Å²) in [4.78, 5) is 16.0. The van der Waals surface area contributed by atoms with Crippen LogP contribution >= 0.6 is 15.9 Å². The number of esters is 1. The third kappa shape index (κ3) is 3.64. The minimum Gasteiger partial charge on any atom is -0.469 e. The number of carbonyl (C=O) groups is 1. The van der Waals surface area contributed by atoms with Crippen molar-refractivity contribution in [2.45, 2.75) is 6.42 Å². The molecule has 1 aromatic heterocycles. The fourth-order valence-electron chi connectivity index (χ4n) is 2.92. The van der Waals surface area contributed by atoms with E-state index in [1.54, 1.807) is 0 Å². The second-order valence-electron chi connectivity index (χ2n) is 6.14. The lowest BCUT2D eigenvalue weighted by Gasteiger charge is -2.02. The summed E-state index contributed by atoms with van der Waals surface area (Å²) in [5.74, 6) is 0.280. The molecular formula is C22H16BrNO3. The molecule has 0 saturated heterocycles. The van der Waals surface area contributed by atoms with Gasteiger partial charge in [-0.2, -0.15) is 0 Å². The van der Waals surface area contributed by atoms with Crippen LogP contribution in [0.3, 0.4) is 0 Å². The molecule has 4 aromatic rings. The fraction of sp³-hybridized carbons (Fsp3) is 0.0909. The van der Waals surface area contributed by atoms with Crippen LogP contribution < -0.4 is 0 Å². The highest BCUT2D eigenvalue weighted by molar-refractivity contribution is 9.10. The first kappa shape index (κ1) is 17.5. The van der Waals surface area contributed by atoms with E-state index in [-0.39, 0.29) is 12.4 Å². The third-order valence-electron chi connectivity index (χ3n) is 4.33. The molecule has 0 unspecified atom stereocenters. The number of rotatable bonds is 4. The number of halogens is 1. The lowest BCUT2D eigenvalue weighted by atomic mass is 10.1. The van der Waals surface area contributed by atoms with Gasteiger partial charge in [0.15, 0.2) is 5.58 Å². The minimum absolute atomic E-state index is 0.246. The third-order valence-corrected chi connectivity index (χ3v) is 4.92. The molecule has 4 rings (SSSR count). The number of benzene rings is 3. The Morgan fingerprint density at radius 3 is 2.44 bits per heavy atom. The van der Waals surface area contributed by atoms with Crippen LogP contribution in [0, 0.1) is 0 Å². The fourth-order valence-corrected chi connectivity index (χ4v) is 3.45. The summed E-state index contributed by atoms with van der Waals surface area (Å²) in [6, 6.07) is 21.8. The van der Waals surface area contributed by atoms with Crippen molar-refractivity contribution < 1.29 is 13.9 Å². The standard InChI is InChI=1S/C22H16BrNO3/c1-26-20(25)11-14-7-9-16(10-8-14)22-24-19-13-17(12-18(23)21(19)27-22)15-5-3-2-4-6-15/h2-10,12-13H,11H2,1H3. The largest absolute Gasteiger partial charge is 0.469 e. The zero-order chi connectivity index (χ0) is 18.8. The molecule has 0 spiro atoms. The molecule has 4 nitrogen and oxygen atoms in total. The number of aromatic nitrogens is 1. The Kier molecular flexibility index (Phi) is 4.77. The Balaban J connectivity index is 1.69. The lowest BCUT2D eigenvalue weighted by Crippen LogP contribution is -2.04. The zero-order valence-electron chi connectivity index (χ0n) is 14.6. The lowest BCUT2D eigenvalue weighted by molar-refractivity contribution is -0.139. The first-order valence-electron chi connectivity index (χ1n) is 8.45. The van der Waals surface area contributed by atoms with Gasteiger partial charge in [0.1, 0.15) is 5.52 Å². The van der Waals surface area contributed by atoms with E-state index in [1.165, 1.54) is 7.11 Å². The van der Waals surface area contributed by atoms with Crippen molar-refractivity contribution in [3.05, 3.63) is 76.8 Å². The smallest absolute Gasteiger partial charge is 0.309 e. The zero-order valence-corrected chi connectivity index (χ0v) is 16.2. The number of hydrogen-bond donors (Lipinski definition) is 0. The van der Waals surface area contributed by atoms with E-state index in [4.69, 9.17) is 9.15 Å². The Morgan fingerprint density at radius 2 is 1.74 bits per heavy atom. The van der Waals surface area contributed by atoms with Crippen molar-refractivity contribution in [2.75, 3.05) is 7.11 Å². The Morgan fingerprint density at radius 1 is 1.00 bits per heavy atom. The quantitative estimate of drug-likeness (QED) is 0.400. The van der Waals surface area contributed by atoms with Gasteiger partial charge in [0.25, 0.3) is 0 Å². The SMILES string of the molecule is COC(=O)Cc1ccc(-c2nc3cc(-c4ccccc4)cc(Br)c3o2)cc1. The molecule has 0 bridgehead atoms. The Bertz CT molecular complexity index is 1100. The summed E-state index contributed by atoms with van der Waals surface area (Å²) in [5.41, 5.74) is 5.43. The van der Waals surface area contributed by atoms with Gasteiger partial charge in [-0.1, -0.05) is 42.5 Å². The second-order valence-corrected chi connectivity index (χ2v) is 7.00. The molecular weight excluding hydrogens is 406 g/mol. The highest BCUT2D eigenvalue weighted by Gasteiger charge is 2.13. The van der Waals surface area contributed by atoms with E-state index in [0.29, 0.717) is 11.5 Å². The highest BCUT2D eigenvalue weighted by atomic mass is 79.9. The molecule has 0 N–H and O–H groups in total. The van der Waals surface area contributed by atoms with Crippen molar-refractivity contribution in [3.63, 3.8) is 0 Å². The van der Waals surface area contributed by atoms with Crippen LogP contribution in [0.1, 0.15) is 5.56 Å². The predicted octanol–water partition coefficient (Wildman–Crippen LogP) is 5.64. The number of nitrogens with zero attached hydrogens (tertiary/aromatic N) is 1. The van der Waals surface area contributed by atoms with Crippen molar-refractivity contribution in [3.8, 4) is 22.6 Å². The van der Waals surface area contributed by atoms with Gasteiger partial charge in [0, 0.05) is 5.56 Å². The van der Waals surface area contributed by atoms with Gasteiger partial charge in [-0.05, 0) is 56.9 Å². The number of carbonyl (C=O) groups excluding carboxylic acids is 1. The summed E-state index contributed by atoms with van der Waals surface area (Å²) in [5, 5.41) is 0. The van der Waals surface area contributed by atoms with E-state index in [1.807, 2.05) is 54.6 Å². The van der Waals surface area contributed by atoms with Gasteiger partial charge in [0.05, 0.1) is 18.0 Å². The van der Waals surface area contributed by atoms with E-state index >= 15 is 0 Å². The molecule has 0 atom stereocenters. The van der Waals surface area contributed by atoms with Crippen molar-refractivity contribution in [1.29, 1.82) is 0 Å². The van der Waals surface area contributed by atoms with Gasteiger partial charge < -0.3 is 9.15 Å². The van der Waals surface area contributed by atoms with Crippen molar-refractivity contribution in [2.24, 2.45) is 0 Å². The van der Waals surface area contributed by atoms with E-state index in [0.717, 1.165) is 32.2 Å². The Labute approximate surface area is 164 Å². The number of hydrogen-bond acceptors (Lipinski definition) is 4. The average molecular weight is 422 g/mol. The number of oxazole rings is 1. The normalized spacial score (nSPS) is 10.9. The minimum atomic E-state index is -0.262. The maximum atomic E-state index is 11.4. The average Bonchev–Trinajstić information content (AvgIpc) is 3.14. The number of fused-ring (bicyclic) bond motifs is 1. The first-order valence-corrected chi connectivity index (χ1v) is 9.25. The maximum absolute atomic E-state index is 11.4. The van der Waals surface area contributed by atoms with Crippen LogP contribution in [-0.2, 0) is 16.0 Å². The molecule has 0 aliphatic rings. The second kappa shape index (κ2) is 7.37. The predicted molar refractivity (Wildman–Crippen MR) is 108 cm³/mol. The molecule has 134 valence electrons. The van der Waals surface area contributed by atoms with Gasteiger partial charge >= 0.3 is 5.97 Å². The molecule has 3 aromatic carbocycles. The molecule has 27 heavy (non-hydrogen) atoms. The van der Waals surface area contributed by atoms with Crippen LogP contribution in [0.25, 0.3) is 33.7 Å². The summed E-state index contributed by atoms with van der Waals surface area (Å²) in [7, 11) is 1.39. The van der Waals surface area contributed by atoms with Gasteiger partial charge in [-0.15, -0.1) is 0 Å². The molecule has 0 saturated carbocycles. The molecule has 0 amide bonds. The summed E-state index contributed by atoms with van der Waals surface area (Å²) in [6.07, 6.45) is 0.246. The highest BCUT2D eigenvalue weighted by Crippen LogP contribution is 2.34. The van der Waals surface area contributed by atoms with Crippen LogP contribution in [-0.4, -0.2) is 18.1 Å². The molecule has 0 radical (unpaired) electrons. The van der Waals surface area contributed by atoms with Crippen molar-refractivity contribution in [1.82, 2.24) is 4.98 Å². The molecule has 0 aliphatic heterocycles. The van der Waals surface area contributed by atoms with E-state index in [2.05, 4.69) is 33.0 Å². The molecule has 1 heterocycles. The monoisotopic (exact) mass is 421 g/mol. The van der Waals surface area contributed by atoms with Crippen LogP contribution in [0.4, 0.5) is 0 Å². The van der Waals surface area contributed by atoms with Crippen LogP contribution in [0.5, 0.6) is 0 Å². The van der Waals surface area contributed by atoms with Crippen LogP contribution in [0.15, 0.2) is 75.6 Å². The first-order chi connectivity index (χ1) is 13.1. The molecule has 5 heteroatoms. The van der Waals surface area contributed by atoms with Gasteiger partial charge in [0.2, 0.25) is 5.89 Å². The summed E-state index contributed by atoms with van der Waals surface area (Å²) < 4.78 is 11.5. The Hall–Kier alpha value is -2.92.